The molecule has 0 unspecified atom stereocenters. The predicted octanol–water partition coefficient (Wildman–Crippen LogP) is 5.08. The Balaban J connectivity index is 8.06. The molecule has 0 amide bonds. The van der Waals surface area contributed by atoms with E-state index in [0.29, 0.717) is 33.0 Å². The van der Waals surface area contributed by atoms with Crippen molar-refractivity contribution in [2.24, 2.45) is 18.1 Å². The second kappa shape index (κ2) is 18.5. The van der Waals surface area contributed by atoms with Gasteiger partial charge in [-0.15, -0.1) is 0 Å². The van der Waals surface area contributed by atoms with Gasteiger partial charge in [-0.1, -0.05) is 0 Å². The summed E-state index contributed by atoms with van der Waals surface area (Å²) in [6.07, 6.45) is 0. The monoisotopic (exact) mass is 713 g/mol. The van der Waals surface area contributed by atoms with E-state index in [4.69, 9.17) is 32.6 Å². The number of likely N-dealkylation sites (N-methyl/N-ethyl adjacent to an activating group) is 1. The Hall–Kier alpha value is 0.950. The fourth-order valence-electron chi connectivity index (χ4n) is 4.23. The molecule has 19 heteroatoms. The van der Waals surface area contributed by atoms with Crippen molar-refractivity contribution in [3.8, 4) is 0 Å². The third-order valence-corrected chi connectivity index (χ3v) is 27.2. The number of rotatable bonds is 19. The van der Waals surface area contributed by atoms with Crippen LogP contribution < -0.4 is 0 Å². The molecule has 0 heterocycles. The van der Waals surface area contributed by atoms with Crippen molar-refractivity contribution in [3.05, 3.63) is 0 Å². The molecule has 0 aromatic carbocycles. The van der Waals surface area contributed by atoms with E-state index < -0.39 is 37.1 Å². The van der Waals surface area contributed by atoms with Gasteiger partial charge in [0.25, 0.3) is 0 Å². The van der Waals surface area contributed by atoms with Crippen LogP contribution in [0.3, 0.4) is 0 Å². The zero-order valence-electron chi connectivity index (χ0n) is 30.7. The predicted molar refractivity (Wildman–Crippen MR) is 199 cm³/mol. The molecule has 0 saturated heterocycles. The Bertz CT molecular complexity index is 993. The first-order valence-electron chi connectivity index (χ1n) is 14.4. The van der Waals surface area contributed by atoms with E-state index in [1.165, 1.54) is 0 Å². The summed E-state index contributed by atoms with van der Waals surface area (Å²) in [5.74, 6) is 0. The summed E-state index contributed by atoms with van der Waals surface area (Å²) in [5.41, 5.74) is 0. The van der Waals surface area contributed by atoms with Crippen LogP contribution in [-0.2, 0) is 9.47 Å². The molecule has 0 bridgehead atoms. The third-order valence-electron chi connectivity index (χ3n) is 7.08. The number of aliphatic hydroxyl groups is 1. The maximum absolute atomic E-state index is 8.95. The topological polar surface area (TPSA) is 111 Å². The molecule has 0 aromatic heterocycles. The van der Waals surface area contributed by atoms with Crippen LogP contribution in [-0.4, -0.2) is 202 Å². The normalized spacial score (nSPS) is 14.7. The Labute approximate surface area is 266 Å². The van der Waals surface area contributed by atoms with Gasteiger partial charge in [-0.3, -0.25) is 0 Å². The number of aliphatic hydroxyl groups excluding tert-OH is 1. The van der Waals surface area contributed by atoms with Crippen molar-refractivity contribution in [3.63, 3.8) is 0 Å². The zero-order valence-corrected chi connectivity index (χ0v) is 35.3. The first-order chi connectivity index (χ1) is 19.5. The number of ether oxygens (including phenoxy) is 2. The van der Waals surface area contributed by atoms with E-state index in [-0.39, 0.29) is 6.61 Å². The molecule has 0 rings (SSSR count). The number of nitrogens with zero attached hydrogens (tertiary/aromatic N) is 11. The van der Waals surface area contributed by atoms with Crippen molar-refractivity contribution in [1.82, 2.24) is 32.7 Å². The fourth-order valence-corrected chi connectivity index (χ4v) is 24.7. The van der Waals surface area contributed by atoms with Gasteiger partial charge in [-0.2, -0.15) is 0 Å². The molecule has 0 aliphatic heterocycles. The number of hydrogen-bond donors (Lipinski definition) is 1. The Morgan fingerprint density at radius 2 is 0.884 bits per heavy atom. The maximum atomic E-state index is 8.95. The van der Waals surface area contributed by atoms with Crippen molar-refractivity contribution in [2.75, 3.05) is 165 Å². The second-order valence-corrected chi connectivity index (χ2v) is 30.9. The average Bonchev–Trinajstić information content (AvgIpc) is 2.84. The second-order valence-electron chi connectivity index (χ2n) is 12.6. The molecule has 43 heavy (non-hydrogen) atoms. The van der Waals surface area contributed by atoms with E-state index in [0.717, 1.165) is 0 Å². The summed E-state index contributed by atoms with van der Waals surface area (Å²) in [6, 6.07) is 0. The van der Waals surface area contributed by atoms with E-state index in [1.807, 2.05) is 0 Å². The summed E-state index contributed by atoms with van der Waals surface area (Å²) in [6.45, 7) is 13.6. The van der Waals surface area contributed by atoms with Crippen LogP contribution in [0.15, 0.2) is 18.1 Å². The standard InChI is InChI=1S/C24H68N11O3P5/c1-29(2)40(17,30(3)4)26-42(25-39(14,15)16,27-41(18,31(5)6)32(7)8)28-43(33(9)10,34(11)12)35(13)19-21-37-23-24-38-22-20-36/h36,42H,19-24H2,1-18H3. The van der Waals surface area contributed by atoms with Gasteiger partial charge in [-0.05, 0) is 0 Å². The summed E-state index contributed by atoms with van der Waals surface area (Å²) in [5, 5.41) is 8.95. The summed E-state index contributed by atoms with van der Waals surface area (Å²) in [4.78, 5) is 0. The molecule has 14 nitrogen and oxygen atoms in total. The van der Waals surface area contributed by atoms with E-state index in [2.05, 4.69) is 158 Å². The minimum atomic E-state index is -3.52. The third kappa shape index (κ3) is 12.5. The van der Waals surface area contributed by atoms with E-state index >= 15 is 0 Å². The average molecular weight is 714 g/mol. The minimum absolute atomic E-state index is 0.0124. The molecule has 0 saturated carbocycles. The molecular formula is C24H68N11O3P5. The van der Waals surface area contributed by atoms with Gasteiger partial charge < -0.3 is 0 Å². The van der Waals surface area contributed by atoms with E-state index in [9.17, 15) is 0 Å². The van der Waals surface area contributed by atoms with Gasteiger partial charge in [0.2, 0.25) is 0 Å². The van der Waals surface area contributed by atoms with Crippen molar-refractivity contribution >= 4 is 37.1 Å². The Kier molecular flexibility index (Phi) is 18.9. The van der Waals surface area contributed by atoms with Gasteiger partial charge >= 0.3 is 267 Å². The van der Waals surface area contributed by atoms with Crippen LogP contribution in [0.25, 0.3) is 0 Å². The summed E-state index contributed by atoms with van der Waals surface area (Å²) >= 11 is 0. The molecular weight excluding hydrogens is 645 g/mol. The zero-order chi connectivity index (χ0) is 34.0. The van der Waals surface area contributed by atoms with Crippen molar-refractivity contribution < 1.29 is 14.6 Å². The summed E-state index contributed by atoms with van der Waals surface area (Å²) in [7, 11) is 15.0. The van der Waals surface area contributed by atoms with Crippen LogP contribution in [0.5, 0.6) is 0 Å². The Morgan fingerprint density at radius 1 is 0.512 bits per heavy atom. The molecule has 0 atom stereocenters. The van der Waals surface area contributed by atoms with Crippen LogP contribution >= 0.6 is 37.1 Å². The van der Waals surface area contributed by atoms with Crippen molar-refractivity contribution in [2.45, 2.75) is 0 Å². The molecule has 1 N–H and O–H groups in total. The number of hydrogen-bond acceptors (Lipinski definition) is 7. The molecule has 0 aromatic rings. The summed E-state index contributed by atoms with van der Waals surface area (Å²) < 4.78 is 50.3. The van der Waals surface area contributed by atoms with E-state index in [1.54, 1.807) is 0 Å². The first kappa shape index (κ1) is 43.9. The molecule has 0 spiro atoms. The SMILES string of the molecule is CN(C)P(C)(=N[PH](N=P(C)(C)C)(N=P(C)(N(C)C)N(C)C)N=P(N(C)C)(N(C)C)N(C)CCOCCOCCO)N(C)C. The molecule has 0 aliphatic rings. The van der Waals surface area contributed by atoms with Gasteiger partial charge in [0.05, 0.1) is 0 Å². The molecule has 0 radical (unpaired) electrons. The van der Waals surface area contributed by atoms with Gasteiger partial charge in [0, 0.05) is 0 Å². The molecule has 262 valence electrons. The molecule has 0 fully saturated rings. The van der Waals surface area contributed by atoms with Crippen LogP contribution in [0.2, 0.25) is 0 Å². The van der Waals surface area contributed by atoms with Gasteiger partial charge in [0.15, 0.2) is 0 Å². The van der Waals surface area contributed by atoms with Crippen molar-refractivity contribution in [1.29, 1.82) is 0 Å². The quantitative estimate of drug-likeness (QED) is 0.144. The first-order valence-corrected chi connectivity index (χ1v) is 25.1. The van der Waals surface area contributed by atoms with Crippen LogP contribution in [0.1, 0.15) is 0 Å². The van der Waals surface area contributed by atoms with Gasteiger partial charge in [0.1, 0.15) is 0 Å². The Morgan fingerprint density at radius 3 is 1.19 bits per heavy atom. The van der Waals surface area contributed by atoms with Gasteiger partial charge in [-0.25, -0.2) is 0 Å². The van der Waals surface area contributed by atoms with Crippen LogP contribution in [0, 0.1) is 0 Å². The molecule has 0 aliphatic carbocycles. The van der Waals surface area contributed by atoms with Crippen LogP contribution in [0.4, 0.5) is 0 Å². The fraction of sp³-hybridized carbons (Fsp3) is 1.00.